The van der Waals surface area contributed by atoms with Crippen molar-refractivity contribution in [1.29, 1.82) is 0 Å². The standard InChI is InChI=1S/C20H15N7O3/c28-18(19(29)26-15-12-24-27(13-15)16-6-8-21-9-7-16)25-14-10-22-20(23-11-14)30-17-4-2-1-3-5-17/h1-13H,(H,25,28)(H,26,29). The minimum absolute atomic E-state index is 0.118. The van der Waals surface area contributed by atoms with Crippen LogP contribution in [-0.4, -0.2) is 36.5 Å². The van der Waals surface area contributed by atoms with Crippen LogP contribution in [0.5, 0.6) is 11.8 Å². The molecule has 0 unspecified atom stereocenters. The van der Waals surface area contributed by atoms with Crippen molar-refractivity contribution >= 4 is 23.2 Å². The fourth-order valence-electron chi connectivity index (χ4n) is 2.43. The summed E-state index contributed by atoms with van der Waals surface area (Å²) in [7, 11) is 0. The van der Waals surface area contributed by atoms with Crippen LogP contribution in [0.25, 0.3) is 5.69 Å². The highest BCUT2D eigenvalue weighted by atomic mass is 16.5. The summed E-state index contributed by atoms with van der Waals surface area (Å²) in [5.74, 6) is -1.14. The lowest BCUT2D eigenvalue weighted by Gasteiger charge is -2.06. The number of hydrogen-bond donors (Lipinski definition) is 2. The Labute approximate surface area is 170 Å². The van der Waals surface area contributed by atoms with E-state index in [0.29, 0.717) is 11.4 Å². The molecule has 2 N–H and O–H groups in total. The molecule has 3 heterocycles. The van der Waals surface area contributed by atoms with Gasteiger partial charge in [0.15, 0.2) is 0 Å². The van der Waals surface area contributed by atoms with E-state index >= 15 is 0 Å². The van der Waals surface area contributed by atoms with Crippen molar-refractivity contribution in [3.63, 3.8) is 0 Å². The van der Waals surface area contributed by atoms with E-state index in [2.05, 4.69) is 30.7 Å². The van der Waals surface area contributed by atoms with E-state index < -0.39 is 11.8 Å². The average Bonchev–Trinajstić information content (AvgIpc) is 3.25. The molecule has 4 aromatic rings. The molecule has 0 saturated carbocycles. The lowest BCUT2D eigenvalue weighted by molar-refractivity contribution is -0.133. The number of para-hydroxylation sites is 1. The maximum Gasteiger partial charge on any atom is 0.322 e. The molecule has 0 bridgehead atoms. The monoisotopic (exact) mass is 401 g/mol. The van der Waals surface area contributed by atoms with Gasteiger partial charge in [0.05, 0.1) is 41.8 Å². The Bertz CT molecular complexity index is 1150. The number of hydrogen-bond acceptors (Lipinski definition) is 7. The van der Waals surface area contributed by atoms with Gasteiger partial charge < -0.3 is 15.4 Å². The Kier molecular flexibility index (Phi) is 5.38. The minimum Gasteiger partial charge on any atom is -0.424 e. The molecule has 1 aromatic carbocycles. The summed E-state index contributed by atoms with van der Waals surface area (Å²) in [5.41, 5.74) is 1.39. The van der Waals surface area contributed by atoms with Crippen LogP contribution in [0, 0.1) is 0 Å². The van der Waals surface area contributed by atoms with E-state index in [9.17, 15) is 9.59 Å². The third kappa shape index (κ3) is 4.62. The summed E-state index contributed by atoms with van der Waals surface area (Å²) < 4.78 is 7.03. The second-order valence-electron chi connectivity index (χ2n) is 5.96. The number of pyridine rings is 1. The molecule has 0 aliphatic carbocycles. The summed E-state index contributed by atoms with van der Waals surface area (Å²) in [6.07, 6.45) is 8.96. The second-order valence-corrected chi connectivity index (χ2v) is 5.96. The van der Waals surface area contributed by atoms with Gasteiger partial charge in [0.2, 0.25) is 0 Å². The van der Waals surface area contributed by atoms with Gasteiger partial charge in [0.25, 0.3) is 0 Å². The molecule has 10 heteroatoms. The largest absolute Gasteiger partial charge is 0.424 e. The second kappa shape index (κ2) is 8.61. The van der Waals surface area contributed by atoms with Crippen molar-refractivity contribution in [2.24, 2.45) is 0 Å². The molecule has 10 nitrogen and oxygen atoms in total. The highest BCUT2D eigenvalue weighted by molar-refractivity contribution is 6.43. The van der Waals surface area contributed by atoms with Crippen molar-refractivity contribution in [3.8, 4) is 17.4 Å². The molecule has 0 aliphatic heterocycles. The zero-order chi connectivity index (χ0) is 20.8. The lowest BCUT2D eigenvalue weighted by Crippen LogP contribution is -2.29. The van der Waals surface area contributed by atoms with Crippen LogP contribution in [0.1, 0.15) is 0 Å². The Morgan fingerprint density at radius 1 is 0.833 bits per heavy atom. The van der Waals surface area contributed by atoms with Gasteiger partial charge in [0, 0.05) is 12.4 Å². The molecular formula is C20H15N7O3. The first-order chi connectivity index (χ1) is 14.7. The molecule has 30 heavy (non-hydrogen) atoms. The van der Waals surface area contributed by atoms with Gasteiger partial charge >= 0.3 is 17.8 Å². The number of carbonyl (C=O) groups is 2. The first kappa shape index (κ1) is 18.7. The fraction of sp³-hybridized carbons (Fsp3) is 0. The van der Waals surface area contributed by atoms with Crippen LogP contribution in [0.2, 0.25) is 0 Å². The van der Waals surface area contributed by atoms with Gasteiger partial charge in [-0.05, 0) is 24.3 Å². The molecule has 0 fully saturated rings. The van der Waals surface area contributed by atoms with Crippen LogP contribution in [0.15, 0.2) is 79.6 Å². The number of carbonyl (C=O) groups excluding carboxylic acids is 2. The van der Waals surface area contributed by atoms with Crippen LogP contribution >= 0.6 is 0 Å². The third-order valence-corrected chi connectivity index (χ3v) is 3.81. The molecule has 148 valence electrons. The number of amides is 2. The number of nitrogens with one attached hydrogen (secondary N) is 2. The van der Waals surface area contributed by atoms with Crippen molar-refractivity contribution in [2.75, 3.05) is 10.6 Å². The Balaban J connectivity index is 1.33. The number of nitrogens with zero attached hydrogens (tertiary/aromatic N) is 5. The van der Waals surface area contributed by atoms with Crippen LogP contribution in [0.4, 0.5) is 11.4 Å². The summed E-state index contributed by atoms with van der Waals surface area (Å²) in [4.78, 5) is 36.2. The molecule has 0 aliphatic rings. The number of ether oxygens (including phenoxy) is 1. The van der Waals surface area contributed by atoms with E-state index in [1.807, 2.05) is 18.2 Å². The van der Waals surface area contributed by atoms with Crippen molar-refractivity contribution < 1.29 is 14.3 Å². The van der Waals surface area contributed by atoms with Crippen molar-refractivity contribution in [3.05, 3.63) is 79.6 Å². The molecule has 3 aromatic heterocycles. The normalized spacial score (nSPS) is 10.3. The minimum atomic E-state index is -0.869. The molecule has 0 spiro atoms. The maximum atomic E-state index is 12.1. The number of benzene rings is 1. The highest BCUT2D eigenvalue weighted by Crippen LogP contribution is 2.17. The van der Waals surface area contributed by atoms with Crippen LogP contribution in [-0.2, 0) is 9.59 Å². The zero-order valence-electron chi connectivity index (χ0n) is 15.5. The third-order valence-electron chi connectivity index (χ3n) is 3.81. The molecule has 0 atom stereocenters. The molecule has 0 saturated heterocycles. The average molecular weight is 401 g/mol. The topological polar surface area (TPSA) is 124 Å². The van der Waals surface area contributed by atoms with E-state index in [0.717, 1.165) is 5.69 Å². The summed E-state index contributed by atoms with van der Waals surface area (Å²) in [6, 6.07) is 12.7. The predicted molar refractivity (Wildman–Crippen MR) is 107 cm³/mol. The molecule has 2 amide bonds. The highest BCUT2D eigenvalue weighted by Gasteiger charge is 2.15. The van der Waals surface area contributed by atoms with Gasteiger partial charge in [-0.15, -0.1) is 0 Å². The van der Waals surface area contributed by atoms with Crippen molar-refractivity contribution in [1.82, 2.24) is 24.7 Å². The Morgan fingerprint density at radius 2 is 1.50 bits per heavy atom. The van der Waals surface area contributed by atoms with Gasteiger partial charge in [-0.25, -0.2) is 14.6 Å². The smallest absolute Gasteiger partial charge is 0.322 e. The quantitative estimate of drug-likeness (QED) is 0.492. The van der Waals surface area contributed by atoms with E-state index in [-0.39, 0.29) is 11.7 Å². The van der Waals surface area contributed by atoms with Gasteiger partial charge in [-0.2, -0.15) is 5.10 Å². The molecule has 0 radical (unpaired) electrons. The summed E-state index contributed by atoms with van der Waals surface area (Å²) in [6.45, 7) is 0. The molecular weight excluding hydrogens is 386 g/mol. The van der Waals surface area contributed by atoms with Gasteiger partial charge in [-0.1, -0.05) is 18.2 Å². The zero-order valence-corrected chi connectivity index (χ0v) is 15.5. The van der Waals surface area contributed by atoms with Gasteiger partial charge in [0.1, 0.15) is 5.75 Å². The maximum absolute atomic E-state index is 12.1. The van der Waals surface area contributed by atoms with Crippen LogP contribution in [0.3, 0.4) is 0 Å². The first-order valence-corrected chi connectivity index (χ1v) is 8.80. The van der Waals surface area contributed by atoms with Crippen molar-refractivity contribution in [2.45, 2.75) is 0 Å². The predicted octanol–water partition coefficient (Wildman–Crippen LogP) is 2.43. The van der Waals surface area contributed by atoms with Gasteiger partial charge in [-0.3, -0.25) is 14.6 Å². The Hall–Kier alpha value is -4.60. The van der Waals surface area contributed by atoms with E-state index in [1.165, 1.54) is 18.6 Å². The van der Waals surface area contributed by atoms with E-state index in [4.69, 9.17) is 4.74 Å². The lowest BCUT2D eigenvalue weighted by atomic mass is 10.3. The summed E-state index contributed by atoms with van der Waals surface area (Å²) in [5, 5.41) is 9.04. The number of anilines is 2. The van der Waals surface area contributed by atoms with E-state index in [1.54, 1.807) is 47.5 Å². The number of rotatable bonds is 5. The Morgan fingerprint density at radius 3 is 2.20 bits per heavy atom. The first-order valence-electron chi connectivity index (χ1n) is 8.80. The fourth-order valence-corrected chi connectivity index (χ4v) is 2.43. The summed E-state index contributed by atoms with van der Waals surface area (Å²) >= 11 is 0. The number of aromatic nitrogens is 5. The van der Waals surface area contributed by atoms with Crippen LogP contribution < -0.4 is 15.4 Å². The molecule has 4 rings (SSSR count). The SMILES string of the molecule is O=C(Nc1cnc(Oc2ccccc2)nc1)C(=O)Nc1cnn(-c2ccncc2)c1.